The van der Waals surface area contributed by atoms with Gasteiger partial charge in [-0.15, -0.1) is 0 Å². The summed E-state index contributed by atoms with van der Waals surface area (Å²) in [5, 5.41) is 9.88. The fourth-order valence-corrected chi connectivity index (χ4v) is 2.15. The first-order chi connectivity index (χ1) is 9.55. The smallest absolute Gasteiger partial charge is 0.410 e. The summed E-state index contributed by atoms with van der Waals surface area (Å²) >= 11 is 0. The monoisotopic (exact) mass is 282 g/mol. The molecule has 2 atom stereocenters. The van der Waals surface area contributed by atoms with Crippen LogP contribution < -0.4 is 5.73 Å². The number of likely N-dealkylation sites (tertiary alicyclic amines) is 1. The minimum Gasteiger partial charge on any atom is -0.445 e. The third-order valence-corrected chi connectivity index (χ3v) is 3.60. The largest absolute Gasteiger partial charge is 0.445 e. The molecule has 0 spiro atoms. The van der Waals surface area contributed by atoms with Crippen LogP contribution in [-0.2, 0) is 11.3 Å². The molecular formula is C14H19FN2O3. The van der Waals surface area contributed by atoms with Crippen LogP contribution in [0.2, 0.25) is 0 Å². The van der Waals surface area contributed by atoms with Gasteiger partial charge in [-0.1, -0.05) is 30.3 Å². The summed E-state index contributed by atoms with van der Waals surface area (Å²) < 4.78 is 19.0. The molecule has 1 aliphatic heterocycles. The molecule has 3 N–H and O–H groups in total. The van der Waals surface area contributed by atoms with Crippen molar-refractivity contribution in [2.24, 2.45) is 5.73 Å². The maximum atomic E-state index is 13.8. The van der Waals surface area contributed by atoms with Crippen molar-refractivity contribution in [3.8, 4) is 0 Å². The molecule has 0 bridgehead atoms. The average Bonchev–Trinajstić information content (AvgIpc) is 2.48. The summed E-state index contributed by atoms with van der Waals surface area (Å²) in [6.45, 7) is 0.0401. The highest BCUT2D eigenvalue weighted by atomic mass is 19.1. The number of rotatable bonds is 3. The maximum absolute atomic E-state index is 13.8. The van der Waals surface area contributed by atoms with Crippen LogP contribution in [0.1, 0.15) is 12.0 Å². The number of nitrogens with zero attached hydrogens (tertiary/aromatic N) is 1. The standard InChI is InChI=1S/C14H19FN2O3/c15-12-8-17(7-6-14(12,19)10-16)13(18)20-9-11-4-2-1-3-5-11/h1-5,12,19H,6-10,16H2/t12?,14-/m0/s1. The first-order valence-corrected chi connectivity index (χ1v) is 6.57. The predicted molar refractivity (Wildman–Crippen MR) is 71.7 cm³/mol. The van der Waals surface area contributed by atoms with Gasteiger partial charge in [-0.05, 0) is 12.0 Å². The number of alkyl halides is 1. The van der Waals surface area contributed by atoms with E-state index in [9.17, 15) is 14.3 Å². The van der Waals surface area contributed by atoms with Gasteiger partial charge >= 0.3 is 6.09 Å². The van der Waals surface area contributed by atoms with E-state index >= 15 is 0 Å². The van der Waals surface area contributed by atoms with E-state index in [1.54, 1.807) is 0 Å². The maximum Gasteiger partial charge on any atom is 0.410 e. The molecule has 1 heterocycles. The van der Waals surface area contributed by atoms with Crippen molar-refractivity contribution in [1.29, 1.82) is 0 Å². The van der Waals surface area contributed by atoms with Crippen LogP contribution in [0.3, 0.4) is 0 Å². The number of ether oxygens (including phenoxy) is 1. The van der Waals surface area contributed by atoms with Crippen LogP contribution in [0.25, 0.3) is 0 Å². The molecule has 1 amide bonds. The Hall–Kier alpha value is -1.66. The predicted octanol–water partition coefficient (Wildman–Crippen LogP) is 1.06. The molecular weight excluding hydrogens is 263 g/mol. The first kappa shape index (κ1) is 14.7. The van der Waals surface area contributed by atoms with E-state index in [4.69, 9.17) is 10.5 Å². The number of halogens is 1. The van der Waals surface area contributed by atoms with E-state index < -0.39 is 17.9 Å². The fourth-order valence-electron chi connectivity index (χ4n) is 2.15. The van der Waals surface area contributed by atoms with Gasteiger partial charge in [0.15, 0.2) is 0 Å². The third kappa shape index (κ3) is 3.26. The van der Waals surface area contributed by atoms with E-state index in [2.05, 4.69) is 0 Å². The van der Waals surface area contributed by atoms with E-state index in [1.807, 2.05) is 30.3 Å². The second kappa shape index (κ2) is 6.19. The van der Waals surface area contributed by atoms with Gasteiger partial charge in [-0.2, -0.15) is 0 Å². The van der Waals surface area contributed by atoms with Crippen molar-refractivity contribution >= 4 is 6.09 Å². The number of carbonyl (C=O) groups is 1. The Morgan fingerprint density at radius 3 is 2.80 bits per heavy atom. The molecule has 0 aliphatic carbocycles. The quantitative estimate of drug-likeness (QED) is 0.869. The highest BCUT2D eigenvalue weighted by molar-refractivity contribution is 5.67. The molecule has 2 rings (SSSR count). The lowest BCUT2D eigenvalue weighted by atomic mass is 9.90. The van der Waals surface area contributed by atoms with Crippen LogP contribution >= 0.6 is 0 Å². The molecule has 1 saturated heterocycles. The molecule has 6 heteroatoms. The molecule has 1 aliphatic rings. The fraction of sp³-hybridized carbons (Fsp3) is 0.500. The second-order valence-electron chi connectivity index (χ2n) is 5.01. The zero-order chi connectivity index (χ0) is 14.6. The number of piperidine rings is 1. The van der Waals surface area contributed by atoms with Crippen LogP contribution in [0, 0.1) is 0 Å². The minimum absolute atomic E-state index is 0.116. The lowest BCUT2D eigenvalue weighted by molar-refractivity contribution is -0.0745. The summed E-state index contributed by atoms with van der Waals surface area (Å²) in [6, 6.07) is 9.26. The van der Waals surface area contributed by atoms with Crippen LogP contribution in [0.15, 0.2) is 30.3 Å². The molecule has 0 radical (unpaired) electrons. The van der Waals surface area contributed by atoms with Crippen molar-refractivity contribution < 1.29 is 19.0 Å². The minimum atomic E-state index is -1.55. The molecule has 1 fully saturated rings. The SMILES string of the molecule is NC[C@@]1(O)CCN(C(=O)OCc2ccccc2)CC1F. The Bertz CT molecular complexity index is 457. The van der Waals surface area contributed by atoms with Gasteiger partial charge in [-0.25, -0.2) is 9.18 Å². The van der Waals surface area contributed by atoms with Gasteiger partial charge in [0.1, 0.15) is 18.4 Å². The van der Waals surface area contributed by atoms with Crippen molar-refractivity contribution in [3.05, 3.63) is 35.9 Å². The van der Waals surface area contributed by atoms with Gasteiger partial charge in [-0.3, -0.25) is 0 Å². The van der Waals surface area contributed by atoms with Gasteiger partial charge in [0, 0.05) is 13.1 Å². The molecule has 110 valence electrons. The van der Waals surface area contributed by atoms with Gasteiger partial charge in [0.05, 0.1) is 6.54 Å². The van der Waals surface area contributed by atoms with Crippen molar-refractivity contribution in [1.82, 2.24) is 4.90 Å². The average molecular weight is 282 g/mol. The highest BCUT2D eigenvalue weighted by Gasteiger charge is 2.42. The van der Waals surface area contributed by atoms with Gasteiger partial charge in [0.2, 0.25) is 0 Å². The van der Waals surface area contributed by atoms with E-state index in [-0.39, 0.29) is 32.7 Å². The Balaban J connectivity index is 1.85. The summed E-state index contributed by atoms with van der Waals surface area (Å²) in [7, 11) is 0. The van der Waals surface area contributed by atoms with Crippen molar-refractivity contribution in [2.75, 3.05) is 19.6 Å². The molecule has 0 aromatic heterocycles. The molecule has 1 aromatic rings. The Morgan fingerprint density at radius 1 is 1.50 bits per heavy atom. The molecule has 20 heavy (non-hydrogen) atoms. The van der Waals surface area contributed by atoms with E-state index in [0.29, 0.717) is 0 Å². The zero-order valence-corrected chi connectivity index (χ0v) is 11.2. The molecule has 1 unspecified atom stereocenters. The summed E-state index contributed by atoms with van der Waals surface area (Å²) in [4.78, 5) is 13.1. The summed E-state index contributed by atoms with van der Waals surface area (Å²) in [6.07, 6.45) is -2.01. The third-order valence-electron chi connectivity index (χ3n) is 3.60. The van der Waals surface area contributed by atoms with E-state index in [0.717, 1.165) is 5.56 Å². The van der Waals surface area contributed by atoms with Gasteiger partial charge in [0.25, 0.3) is 0 Å². The van der Waals surface area contributed by atoms with Gasteiger partial charge < -0.3 is 20.5 Å². The number of aliphatic hydroxyl groups is 1. The Labute approximate surface area is 117 Å². The van der Waals surface area contributed by atoms with Crippen LogP contribution in [0.5, 0.6) is 0 Å². The van der Waals surface area contributed by atoms with E-state index in [1.165, 1.54) is 4.90 Å². The van der Waals surface area contributed by atoms with Crippen molar-refractivity contribution in [3.63, 3.8) is 0 Å². The Kier molecular flexibility index (Phi) is 4.57. The Morgan fingerprint density at radius 2 is 2.20 bits per heavy atom. The van der Waals surface area contributed by atoms with Crippen LogP contribution in [-0.4, -0.2) is 47.5 Å². The van der Waals surface area contributed by atoms with Crippen LogP contribution in [0.4, 0.5) is 9.18 Å². The topological polar surface area (TPSA) is 75.8 Å². The normalized spacial score (nSPS) is 26.4. The number of hydrogen-bond donors (Lipinski definition) is 2. The second-order valence-corrected chi connectivity index (χ2v) is 5.01. The summed E-state index contributed by atoms with van der Waals surface area (Å²) in [5.41, 5.74) is 4.70. The summed E-state index contributed by atoms with van der Waals surface area (Å²) in [5.74, 6) is 0. The zero-order valence-electron chi connectivity index (χ0n) is 11.2. The lowest BCUT2D eigenvalue weighted by Gasteiger charge is -2.39. The molecule has 0 saturated carbocycles. The number of benzene rings is 1. The molecule has 5 nitrogen and oxygen atoms in total. The first-order valence-electron chi connectivity index (χ1n) is 6.57. The molecule has 1 aromatic carbocycles. The lowest BCUT2D eigenvalue weighted by Crippen LogP contribution is -2.58. The number of carbonyl (C=O) groups excluding carboxylic acids is 1. The van der Waals surface area contributed by atoms with Crippen molar-refractivity contribution in [2.45, 2.75) is 24.8 Å². The number of hydrogen-bond acceptors (Lipinski definition) is 4. The highest BCUT2D eigenvalue weighted by Crippen LogP contribution is 2.24. The number of amides is 1. The number of nitrogens with two attached hydrogens (primary N) is 1.